The number of nitrogens with zero attached hydrogens (tertiary/aromatic N) is 1. The van der Waals surface area contributed by atoms with Crippen LogP contribution in [0, 0.1) is 5.92 Å². The molecule has 0 aliphatic carbocycles. The van der Waals surface area contributed by atoms with Crippen molar-refractivity contribution in [2.24, 2.45) is 5.92 Å². The molecule has 0 radical (unpaired) electrons. The first-order valence-corrected chi connectivity index (χ1v) is 8.40. The molecule has 2 nitrogen and oxygen atoms in total. The number of halogens is 1. The number of hydrogen-bond donors (Lipinski definition) is 1. The normalized spacial score (nSPS) is 25.8. The molecule has 0 amide bonds. The minimum absolute atomic E-state index is 0.586. The Bertz CT molecular complexity index is 376. The van der Waals surface area contributed by atoms with E-state index < -0.39 is 0 Å². The molecular weight excluding hydrogens is 308 g/mol. The van der Waals surface area contributed by atoms with Gasteiger partial charge in [0.15, 0.2) is 0 Å². The van der Waals surface area contributed by atoms with Gasteiger partial charge in [0.25, 0.3) is 0 Å². The Morgan fingerprint density at radius 2 is 2.28 bits per heavy atom. The van der Waals surface area contributed by atoms with Crippen molar-refractivity contribution in [3.8, 4) is 0 Å². The lowest BCUT2D eigenvalue weighted by Crippen LogP contribution is -2.45. The van der Waals surface area contributed by atoms with Crippen molar-refractivity contribution in [1.82, 2.24) is 10.2 Å². The summed E-state index contributed by atoms with van der Waals surface area (Å²) in [4.78, 5) is 4.18. The van der Waals surface area contributed by atoms with Crippen molar-refractivity contribution in [2.45, 2.75) is 38.8 Å². The van der Waals surface area contributed by atoms with Gasteiger partial charge in [-0.2, -0.15) is 0 Å². The maximum absolute atomic E-state index is 3.60. The molecule has 1 aliphatic heterocycles. The Kier molecular flexibility index (Phi) is 5.24. The summed E-state index contributed by atoms with van der Waals surface area (Å²) in [6.45, 7) is 6.98. The van der Waals surface area contributed by atoms with E-state index in [1.165, 1.54) is 28.0 Å². The lowest BCUT2D eigenvalue weighted by molar-refractivity contribution is 0.0658. The van der Waals surface area contributed by atoms with Crippen LogP contribution < -0.4 is 5.32 Å². The number of thiophene rings is 1. The van der Waals surface area contributed by atoms with Gasteiger partial charge in [0, 0.05) is 17.0 Å². The first-order chi connectivity index (χ1) is 8.63. The predicted octanol–water partition coefficient (Wildman–Crippen LogP) is 3.89. The van der Waals surface area contributed by atoms with Crippen LogP contribution in [0.1, 0.15) is 37.6 Å². The van der Waals surface area contributed by atoms with Crippen LogP contribution in [0.5, 0.6) is 0 Å². The van der Waals surface area contributed by atoms with Crippen LogP contribution in [-0.4, -0.2) is 31.1 Å². The van der Waals surface area contributed by atoms with Gasteiger partial charge in [-0.3, -0.25) is 4.90 Å². The van der Waals surface area contributed by atoms with E-state index in [9.17, 15) is 0 Å². The summed E-state index contributed by atoms with van der Waals surface area (Å²) >= 11 is 5.49. The van der Waals surface area contributed by atoms with Gasteiger partial charge in [0.1, 0.15) is 0 Å². The van der Waals surface area contributed by atoms with Gasteiger partial charge in [-0.15, -0.1) is 11.3 Å². The Morgan fingerprint density at radius 3 is 2.83 bits per heavy atom. The molecule has 0 bridgehead atoms. The van der Waals surface area contributed by atoms with E-state index in [-0.39, 0.29) is 0 Å². The van der Waals surface area contributed by atoms with Crippen molar-refractivity contribution in [3.63, 3.8) is 0 Å². The van der Waals surface area contributed by atoms with Gasteiger partial charge < -0.3 is 5.32 Å². The third-order valence-electron chi connectivity index (χ3n) is 3.81. The maximum atomic E-state index is 3.60. The Labute approximate surface area is 123 Å². The molecule has 1 aliphatic rings. The smallest absolute Gasteiger partial charge is 0.0701 e. The van der Waals surface area contributed by atoms with Crippen LogP contribution >= 0.6 is 27.3 Å². The molecule has 1 fully saturated rings. The van der Waals surface area contributed by atoms with E-state index in [0.29, 0.717) is 12.1 Å². The van der Waals surface area contributed by atoms with E-state index >= 15 is 0 Å². The topological polar surface area (TPSA) is 15.3 Å². The van der Waals surface area contributed by atoms with Gasteiger partial charge in [0.05, 0.1) is 3.79 Å². The second kappa shape index (κ2) is 6.51. The second-order valence-corrected chi connectivity index (χ2v) is 7.87. The lowest BCUT2D eigenvalue weighted by atomic mass is 9.87. The monoisotopic (exact) mass is 330 g/mol. The van der Waals surface area contributed by atoms with E-state index in [4.69, 9.17) is 0 Å². The van der Waals surface area contributed by atoms with Crippen LogP contribution in [-0.2, 0) is 0 Å². The molecule has 0 saturated carbocycles. The Hall–Kier alpha value is 0.1000. The van der Waals surface area contributed by atoms with Gasteiger partial charge >= 0.3 is 0 Å². The fraction of sp³-hybridized carbons (Fsp3) is 0.714. The summed E-state index contributed by atoms with van der Waals surface area (Å²) in [5.74, 6) is 0.733. The Balaban J connectivity index is 2.26. The quantitative estimate of drug-likeness (QED) is 0.900. The average molecular weight is 331 g/mol. The molecule has 0 spiro atoms. The molecule has 18 heavy (non-hydrogen) atoms. The van der Waals surface area contributed by atoms with Crippen molar-refractivity contribution in [2.75, 3.05) is 20.1 Å². The first kappa shape index (κ1) is 14.5. The standard InChI is InChI=1S/C14H23BrN2S/c1-10(2)17-8-4-5-11(9-16-3)14(17)12-6-7-13(15)18-12/h6-7,10-11,14,16H,4-5,8-9H2,1-3H3. The van der Waals surface area contributed by atoms with Gasteiger partial charge in [0.2, 0.25) is 0 Å². The van der Waals surface area contributed by atoms with Gasteiger partial charge in [-0.25, -0.2) is 0 Å². The van der Waals surface area contributed by atoms with Crippen LogP contribution in [0.4, 0.5) is 0 Å². The zero-order valence-corrected chi connectivity index (χ0v) is 13.9. The molecule has 102 valence electrons. The fourth-order valence-electron chi connectivity index (χ4n) is 3.04. The third kappa shape index (κ3) is 3.16. The fourth-order valence-corrected chi connectivity index (χ4v) is 4.68. The molecule has 2 heterocycles. The van der Waals surface area contributed by atoms with Crippen LogP contribution in [0.3, 0.4) is 0 Å². The van der Waals surface area contributed by atoms with Crippen molar-refractivity contribution in [1.29, 1.82) is 0 Å². The average Bonchev–Trinajstić information content (AvgIpc) is 2.75. The lowest BCUT2D eigenvalue weighted by Gasteiger charge is -2.43. The van der Waals surface area contributed by atoms with Gasteiger partial charge in [-0.05, 0) is 80.8 Å². The highest BCUT2D eigenvalue weighted by Gasteiger charge is 2.34. The Morgan fingerprint density at radius 1 is 1.50 bits per heavy atom. The summed E-state index contributed by atoms with van der Waals surface area (Å²) in [5, 5.41) is 3.37. The molecule has 1 aromatic rings. The molecule has 2 atom stereocenters. The first-order valence-electron chi connectivity index (χ1n) is 6.79. The van der Waals surface area contributed by atoms with Gasteiger partial charge in [-0.1, -0.05) is 0 Å². The number of nitrogens with one attached hydrogen (secondary N) is 1. The van der Waals surface area contributed by atoms with Crippen LogP contribution in [0.15, 0.2) is 15.9 Å². The highest BCUT2D eigenvalue weighted by Crippen LogP contribution is 2.40. The van der Waals surface area contributed by atoms with E-state index in [1.807, 2.05) is 11.3 Å². The minimum atomic E-state index is 0.586. The molecular formula is C14H23BrN2S. The molecule has 2 unspecified atom stereocenters. The summed E-state index contributed by atoms with van der Waals surface area (Å²) in [6.07, 6.45) is 2.66. The second-order valence-electron chi connectivity index (χ2n) is 5.38. The minimum Gasteiger partial charge on any atom is -0.319 e. The molecule has 1 saturated heterocycles. The van der Waals surface area contributed by atoms with Crippen LogP contribution in [0.25, 0.3) is 0 Å². The van der Waals surface area contributed by atoms with E-state index in [2.05, 4.69) is 59.2 Å². The highest BCUT2D eigenvalue weighted by molar-refractivity contribution is 9.11. The third-order valence-corrected chi connectivity index (χ3v) is 5.50. The SMILES string of the molecule is CNCC1CCCN(C(C)C)C1c1ccc(Br)s1. The van der Waals surface area contributed by atoms with E-state index in [0.717, 1.165) is 12.5 Å². The molecule has 1 aromatic heterocycles. The maximum Gasteiger partial charge on any atom is 0.0701 e. The zero-order valence-electron chi connectivity index (χ0n) is 11.4. The number of likely N-dealkylation sites (tertiary alicyclic amines) is 1. The predicted molar refractivity (Wildman–Crippen MR) is 83.3 cm³/mol. The van der Waals surface area contributed by atoms with Crippen LogP contribution in [0.2, 0.25) is 0 Å². The number of hydrogen-bond acceptors (Lipinski definition) is 3. The summed E-state index contributed by atoms with van der Waals surface area (Å²) in [7, 11) is 2.07. The van der Waals surface area contributed by atoms with E-state index in [1.54, 1.807) is 0 Å². The largest absolute Gasteiger partial charge is 0.319 e. The summed E-state index contributed by atoms with van der Waals surface area (Å²) in [5.41, 5.74) is 0. The van der Waals surface area contributed by atoms with Crippen molar-refractivity contribution in [3.05, 3.63) is 20.8 Å². The molecule has 1 N–H and O–H groups in total. The molecule has 4 heteroatoms. The summed E-state index contributed by atoms with van der Waals surface area (Å²) in [6, 6.07) is 5.69. The number of rotatable bonds is 4. The van der Waals surface area contributed by atoms with Crippen molar-refractivity contribution < 1.29 is 0 Å². The molecule has 2 rings (SSSR count). The summed E-state index contributed by atoms with van der Waals surface area (Å²) < 4.78 is 1.25. The molecule has 0 aromatic carbocycles. The highest BCUT2D eigenvalue weighted by atomic mass is 79.9. The zero-order chi connectivity index (χ0) is 13.1. The van der Waals surface area contributed by atoms with Crippen molar-refractivity contribution >= 4 is 27.3 Å². The number of piperidine rings is 1.